The van der Waals surface area contributed by atoms with Gasteiger partial charge in [0.05, 0.1) is 0 Å². The van der Waals surface area contributed by atoms with Crippen LogP contribution in [0.1, 0.15) is 29.7 Å². The number of nitrogen functional groups attached to an aromatic ring is 1. The Bertz CT molecular complexity index is 609. The molecule has 2 aromatic rings. The van der Waals surface area contributed by atoms with Crippen molar-refractivity contribution in [1.29, 1.82) is 0 Å². The van der Waals surface area contributed by atoms with E-state index in [0.29, 0.717) is 6.04 Å². The van der Waals surface area contributed by atoms with Crippen LogP contribution in [0.15, 0.2) is 42.5 Å². The average Bonchev–Trinajstić information content (AvgIpc) is 2.80. The molecule has 0 aliphatic carbocycles. The Kier molecular flexibility index (Phi) is 3.21. The standard InChI is InChI=1S/C16H17ClN2/c1-11(12-3-2-4-15(17)7-12)19-9-13-5-6-16(18)8-14(13)10-19/h2-8,11H,9-10,18H2,1H3. The van der Waals surface area contributed by atoms with Crippen LogP contribution in [0.4, 0.5) is 5.69 Å². The van der Waals surface area contributed by atoms with Crippen LogP contribution in [-0.2, 0) is 13.1 Å². The lowest BCUT2D eigenvalue weighted by atomic mass is 10.1. The number of nitrogens with zero attached hydrogens (tertiary/aromatic N) is 1. The summed E-state index contributed by atoms with van der Waals surface area (Å²) in [5, 5.41) is 0.797. The molecule has 0 bridgehead atoms. The van der Waals surface area contributed by atoms with Gasteiger partial charge < -0.3 is 5.73 Å². The molecule has 1 aliphatic heterocycles. The monoisotopic (exact) mass is 272 g/mol. The van der Waals surface area contributed by atoms with Crippen LogP contribution in [0.2, 0.25) is 5.02 Å². The van der Waals surface area contributed by atoms with E-state index >= 15 is 0 Å². The number of hydrogen-bond acceptors (Lipinski definition) is 2. The van der Waals surface area contributed by atoms with Crippen LogP contribution in [0.3, 0.4) is 0 Å². The number of hydrogen-bond donors (Lipinski definition) is 1. The van der Waals surface area contributed by atoms with E-state index in [0.717, 1.165) is 23.8 Å². The van der Waals surface area contributed by atoms with Gasteiger partial charge in [-0.25, -0.2) is 0 Å². The van der Waals surface area contributed by atoms with Gasteiger partial charge in [0, 0.05) is 29.8 Å². The lowest BCUT2D eigenvalue weighted by Gasteiger charge is -2.24. The summed E-state index contributed by atoms with van der Waals surface area (Å²) in [7, 11) is 0. The molecule has 3 heteroatoms. The number of fused-ring (bicyclic) bond motifs is 1. The SMILES string of the molecule is CC(c1cccc(Cl)c1)N1Cc2ccc(N)cc2C1. The van der Waals surface area contributed by atoms with Crippen molar-refractivity contribution >= 4 is 17.3 Å². The van der Waals surface area contributed by atoms with Crippen molar-refractivity contribution in [3.05, 3.63) is 64.2 Å². The highest BCUT2D eigenvalue weighted by molar-refractivity contribution is 6.30. The molecule has 0 radical (unpaired) electrons. The van der Waals surface area contributed by atoms with Gasteiger partial charge >= 0.3 is 0 Å². The van der Waals surface area contributed by atoms with Gasteiger partial charge in [-0.2, -0.15) is 0 Å². The smallest absolute Gasteiger partial charge is 0.0409 e. The number of nitrogens with two attached hydrogens (primary N) is 1. The molecule has 3 rings (SSSR count). The summed E-state index contributed by atoms with van der Waals surface area (Å²) in [6.45, 7) is 4.15. The first kappa shape index (κ1) is 12.5. The van der Waals surface area contributed by atoms with Gasteiger partial charge in [0.1, 0.15) is 0 Å². The van der Waals surface area contributed by atoms with Crippen molar-refractivity contribution < 1.29 is 0 Å². The predicted molar refractivity (Wildman–Crippen MR) is 80.0 cm³/mol. The molecule has 2 nitrogen and oxygen atoms in total. The third-order valence-electron chi connectivity index (χ3n) is 3.86. The van der Waals surface area contributed by atoms with Crippen LogP contribution in [0.5, 0.6) is 0 Å². The molecule has 0 spiro atoms. The minimum Gasteiger partial charge on any atom is -0.399 e. The van der Waals surface area contributed by atoms with E-state index in [9.17, 15) is 0 Å². The molecule has 0 amide bonds. The van der Waals surface area contributed by atoms with Crippen molar-refractivity contribution in [3.63, 3.8) is 0 Å². The molecule has 1 heterocycles. The zero-order valence-electron chi connectivity index (χ0n) is 10.9. The molecule has 1 aliphatic rings. The van der Waals surface area contributed by atoms with Crippen LogP contribution < -0.4 is 5.73 Å². The molecular formula is C16H17ClN2. The molecule has 98 valence electrons. The highest BCUT2D eigenvalue weighted by Crippen LogP contribution is 2.32. The van der Waals surface area contributed by atoms with Gasteiger partial charge in [-0.15, -0.1) is 0 Å². The van der Waals surface area contributed by atoms with E-state index in [-0.39, 0.29) is 0 Å². The zero-order chi connectivity index (χ0) is 13.4. The fraction of sp³-hybridized carbons (Fsp3) is 0.250. The zero-order valence-corrected chi connectivity index (χ0v) is 11.7. The third kappa shape index (κ3) is 2.46. The fourth-order valence-corrected chi connectivity index (χ4v) is 2.89. The topological polar surface area (TPSA) is 29.3 Å². The first-order chi connectivity index (χ1) is 9.13. The number of rotatable bonds is 2. The summed E-state index contributed by atoms with van der Waals surface area (Å²) in [6.07, 6.45) is 0. The molecule has 19 heavy (non-hydrogen) atoms. The highest BCUT2D eigenvalue weighted by atomic mass is 35.5. The molecule has 1 unspecified atom stereocenters. The van der Waals surface area contributed by atoms with E-state index in [4.69, 9.17) is 17.3 Å². The minimum atomic E-state index is 0.354. The maximum Gasteiger partial charge on any atom is 0.0409 e. The number of anilines is 1. The maximum absolute atomic E-state index is 6.07. The van der Waals surface area contributed by atoms with Gasteiger partial charge in [-0.1, -0.05) is 29.8 Å². The van der Waals surface area contributed by atoms with E-state index in [1.165, 1.54) is 16.7 Å². The van der Waals surface area contributed by atoms with E-state index in [1.807, 2.05) is 24.3 Å². The average molecular weight is 273 g/mol. The molecule has 0 saturated carbocycles. The van der Waals surface area contributed by atoms with Gasteiger partial charge in [-0.3, -0.25) is 4.90 Å². The normalized spacial score (nSPS) is 16.3. The fourth-order valence-electron chi connectivity index (χ4n) is 2.69. The summed E-state index contributed by atoms with van der Waals surface area (Å²) in [5.74, 6) is 0. The molecule has 2 N–H and O–H groups in total. The lowest BCUT2D eigenvalue weighted by Crippen LogP contribution is -2.20. The number of halogens is 1. The van der Waals surface area contributed by atoms with Gasteiger partial charge in [0.15, 0.2) is 0 Å². The van der Waals surface area contributed by atoms with Gasteiger partial charge in [0.25, 0.3) is 0 Å². The second-order valence-corrected chi connectivity index (χ2v) is 5.60. The molecule has 0 fully saturated rings. The Hall–Kier alpha value is -1.51. The Labute approximate surface area is 118 Å². The first-order valence-corrected chi connectivity index (χ1v) is 6.88. The summed E-state index contributed by atoms with van der Waals surface area (Å²) in [5.41, 5.74) is 10.7. The van der Waals surface area contributed by atoms with Crippen molar-refractivity contribution in [3.8, 4) is 0 Å². The van der Waals surface area contributed by atoms with Crippen LogP contribution in [-0.4, -0.2) is 4.90 Å². The predicted octanol–water partition coefficient (Wildman–Crippen LogP) is 4.00. The molecule has 0 aromatic heterocycles. The molecular weight excluding hydrogens is 256 g/mol. The van der Waals surface area contributed by atoms with Crippen LogP contribution in [0.25, 0.3) is 0 Å². The van der Waals surface area contributed by atoms with E-state index < -0.39 is 0 Å². The van der Waals surface area contributed by atoms with Crippen molar-refractivity contribution in [2.24, 2.45) is 0 Å². The van der Waals surface area contributed by atoms with Crippen LogP contribution in [0, 0.1) is 0 Å². The summed E-state index contributed by atoms with van der Waals surface area (Å²) >= 11 is 6.07. The highest BCUT2D eigenvalue weighted by Gasteiger charge is 2.24. The molecule has 2 aromatic carbocycles. The maximum atomic E-state index is 6.07. The van der Waals surface area contributed by atoms with E-state index in [1.54, 1.807) is 0 Å². The van der Waals surface area contributed by atoms with Crippen molar-refractivity contribution in [1.82, 2.24) is 4.90 Å². The Balaban J connectivity index is 1.82. The summed E-state index contributed by atoms with van der Waals surface area (Å²) in [4.78, 5) is 2.44. The third-order valence-corrected chi connectivity index (χ3v) is 4.09. The quantitative estimate of drug-likeness (QED) is 0.838. The van der Waals surface area contributed by atoms with Gasteiger partial charge in [-0.05, 0) is 47.9 Å². The van der Waals surface area contributed by atoms with Crippen molar-refractivity contribution in [2.75, 3.05) is 5.73 Å². The Morgan fingerprint density at radius 3 is 2.68 bits per heavy atom. The first-order valence-electron chi connectivity index (χ1n) is 6.50. The lowest BCUT2D eigenvalue weighted by molar-refractivity contribution is 0.215. The second kappa shape index (κ2) is 4.87. The number of benzene rings is 2. The summed E-state index contributed by atoms with van der Waals surface area (Å²) < 4.78 is 0. The Morgan fingerprint density at radius 2 is 1.89 bits per heavy atom. The largest absolute Gasteiger partial charge is 0.399 e. The second-order valence-electron chi connectivity index (χ2n) is 5.16. The van der Waals surface area contributed by atoms with Gasteiger partial charge in [0.2, 0.25) is 0 Å². The van der Waals surface area contributed by atoms with E-state index in [2.05, 4.69) is 30.0 Å². The molecule has 0 saturated heterocycles. The van der Waals surface area contributed by atoms with Crippen LogP contribution >= 0.6 is 11.6 Å². The Morgan fingerprint density at radius 1 is 1.11 bits per heavy atom. The van der Waals surface area contributed by atoms with Crippen molar-refractivity contribution in [2.45, 2.75) is 26.1 Å². The minimum absolute atomic E-state index is 0.354. The summed E-state index contributed by atoms with van der Waals surface area (Å²) in [6, 6.07) is 14.7. The molecule has 1 atom stereocenters.